The summed E-state index contributed by atoms with van der Waals surface area (Å²) in [7, 11) is 0. The lowest BCUT2D eigenvalue weighted by Gasteiger charge is -2.15. The van der Waals surface area contributed by atoms with Gasteiger partial charge in [-0.1, -0.05) is 13.3 Å². The van der Waals surface area contributed by atoms with Gasteiger partial charge in [-0.3, -0.25) is 4.79 Å². The number of hydrogen-bond acceptors (Lipinski definition) is 3. The highest BCUT2D eigenvalue weighted by Crippen LogP contribution is 2.49. The average Bonchev–Trinajstić information content (AvgIpc) is 3.18. The maximum Gasteiger partial charge on any atom is 0.252 e. The average molecular weight is 261 g/mol. The van der Waals surface area contributed by atoms with Crippen molar-refractivity contribution in [3.05, 3.63) is 23.9 Å². The van der Waals surface area contributed by atoms with Crippen LogP contribution in [0.2, 0.25) is 0 Å². The first kappa shape index (κ1) is 13.8. The van der Waals surface area contributed by atoms with E-state index in [2.05, 4.69) is 22.5 Å². The molecule has 4 heteroatoms. The number of nitrogens with one attached hydrogen (secondary N) is 2. The van der Waals surface area contributed by atoms with Crippen LogP contribution >= 0.6 is 0 Å². The van der Waals surface area contributed by atoms with Gasteiger partial charge in [-0.15, -0.1) is 0 Å². The number of aromatic nitrogens is 1. The molecule has 2 N–H and O–H groups in total. The topological polar surface area (TPSA) is 54.0 Å². The number of carbonyl (C=O) groups is 1. The van der Waals surface area contributed by atoms with Crippen molar-refractivity contribution in [2.45, 2.75) is 39.5 Å². The Balaban J connectivity index is 1.87. The predicted octanol–water partition coefficient (Wildman–Crippen LogP) is 2.82. The molecule has 0 atom stereocenters. The van der Waals surface area contributed by atoms with Crippen LogP contribution in [-0.4, -0.2) is 24.0 Å². The molecule has 1 aromatic rings. The fourth-order valence-corrected chi connectivity index (χ4v) is 2.40. The molecule has 2 rings (SSSR count). The molecule has 1 heterocycles. The number of rotatable bonds is 7. The highest BCUT2D eigenvalue weighted by atomic mass is 16.1. The molecule has 0 aliphatic heterocycles. The summed E-state index contributed by atoms with van der Waals surface area (Å²) >= 11 is 0. The Kier molecular flexibility index (Phi) is 4.40. The van der Waals surface area contributed by atoms with Crippen molar-refractivity contribution >= 4 is 11.7 Å². The van der Waals surface area contributed by atoms with E-state index >= 15 is 0 Å². The standard InChI is InChI=1S/C15H23N3O/c1-3-7-15(8-9-15)11-18-13-6-5-12(10-17-13)14(19)16-4-2/h5-6,10H,3-4,7-9,11H2,1-2H3,(H,16,19)(H,17,18). The first-order valence-electron chi connectivity index (χ1n) is 7.17. The van der Waals surface area contributed by atoms with Gasteiger partial charge in [-0.25, -0.2) is 4.98 Å². The number of pyridine rings is 1. The molecule has 0 aromatic carbocycles. The van der Waals surface area contributed by atoms with Gasteiger partial charge in [0, 0.05) is 19.3 Å². The maximum absolute atomic E-state index is 11.6. The SMILES string of the molecule is CCCC1(CNc2ccc(C(=O)NCC)cn2)CC1. The van der Waals surface area contributed by atoms with Crippen LogP contribution in [0.3, 0.4) is 0 Å². The highest BCUT2D eigenvalue weighted by Gasteiger charge is 2.41. The summed E-state index contributed by atoms with van der Waals surface area (Å²) in [6.45, 7) is 5.77. The summed E-state index contributed by atoms with van der Waals surface area (Å²) in [5, 5.41) is 6.15. The molecule has 19 heavy (non-hydrogen) atoms. The van der Waals surface area contributed by atoms with Crippen molar-refractivity contribution in [2.24, 2.45) is 5.41 Å². The van der Waals surface area contributed by atoms with Crippen molar-refractivity contribution in [3.63, 3.8) is 0 Å². The summed E-state index contributed by atoms with van der Waals surface area (Å²) in [4.78, 5) is 15.9. The van der Waals surface area contributed by atoms with Crippen molar-refractivity contribution < 1.29 is 4.79 Å². The summed E-state index contributed by atoms with van der Waals surface area (Å²) < 4.78 is 0. The minimum Gasteiger partial charge on any atom is -0.370 e. The molecule has 1 aromatic heterocycles. The molecular formula is C15H23N3O. The van der Waals surface area contributed by atoms with E-state index in [9.17, 15) is 4.79 Å². The number of carbonyl (C=O) groups excluding carboxylic acids is 1. The summed E-state index contributed by atoms with van der Waals surface area (Å²) in [6.07, 6.45) is 6.81. The van der Waals surface area contributed by atoms with Gasteiger partial charge in [0.2, 0.25) is 0 Å². The molecule has 0 radical (unpaired) electrons. The van der Waals surface area contributed by atoms with Crippen LogP contribution < -0.4 is 10.6 Å². The number of anilines is 1. The molecule has 4 nitrogen and oxygen atoms in total. The van der Waals surface area contributed by atoms with Gasteiger partial charge in [-0.2, -0.15) is 0 Å². The molecule has 1 fully saturated rings. The predicted molar refractivity (Wildman–Crippen MR) is 77.3 cm³/mol. The highest BCUT2D eigenvalue weighted by molar-refractivity contribution is 5.93. The Hall–Kier alpha value is -1.58. The molecule has 1 amide bonds. The second-order valence-corrected chi connectivity index (χ2v) is 5.40. The monoisotopic (exact) mass is 261 g/mol. The van der Waals surface area contributed by atoms with Crippen molar-refractivity contribution in [3.8, 4) is 0 Å². The Morgan fingerprint density at radius 1 is 1.37 bits per heavy atom. The van der Waals surface area contributed by atoms with Gasteiger partial charge in [-0.05, 0) is 43.7 Å². The van der Waals surface area contributed by atoms with Crippen LogP contribution in [0.25, 0.3) is 0 Å². The molecule has 104 valence electrons. The molecular weight excluding hydrogens is 238 g/mol. The van der Waals surface area contributed by atoms with E-state index in [0.717, 1.165) is 12.4 Å². The summed E-state index contributed by atoms with van der Waals surface area (Å²) in [5.74, 6) is 0.793. The Bertz CT molecular complexity index is 424. The van der Waals surface area contributed by atoms with Crippen molar-refractivity contribution in [1.82, 2.24) is 10.3 Å². The van der Waals surface area contributed by atoms with Gasteiger partial charge in [0.25, 0.3) is 5.91 Å². The van der Waals surface area contributed by atoms with E-state index in [-0.39, 0.29) is 5.91 Å². The number of amides is 1. The van der Waals surface area contributed by atoms with Crippen molar-refractivity contribution in [1.29, 1.82) is 0 Å². The van der Waals surface area contributed by atoms with Gasteiger partial charge in [0.05, 0.1) is 5.56 Å². The minimum atomic E-state index is -0.0637. The van der Waals surface area contributed by atoms with Gasteiger partial charge in [0.15, 0.2) is 0 Å². The maximum atomic E-state index is 11.6. The molecule has 1 aliphatic rings. The van der Waals surface area contributed by atoms with Gasteiger partial charge in [0.1, 0.15) is 5.82 Å². The van der Waals surface area contributed by atoms with Gasteiger partial charge >= 0.3 is 0 Å². The zero-order valence-corrected chi connectivity index (χ0v) is 11.8. The van der Waals surface area contributed by atoms with E-state index < -0.39 is 0 Å². The second-order valence-electron chi connectivity index (χ2n) is 5.40. The van der Waals surface area contributed by atoms with Crippen LogP contribution in [-0.2, 0) is 0 Å². The molecule has 0 spiro atoms. The zero-order chi connectivity index (χ0) is 13.7. The Morgan fingerprint density at radius 2 is 2.16 bits per heavy atom. The quantitative estimate of drug-likeness (QED) is 0.793. The fourth-order valence-electron chi connectivity index (χ4n) is 2.40. The molecule has 1 saturated carbocycles. The van der Waals surface area contributed by atoms with E-state index in [0.29, 0.717) is 17.5 Å². The minimum absolute atomic E-state index is 0.0637. The van der Waals surface area contributed by atoms with Crippen molar-refractivity contribution in [2.75, 3.05) is 18.4 Å². The van der Waals surface area contributed by atoms with Crippen LogP contribution in [0.5, 0.6) is 0 Å². The first-order valence-corrected chi connectivity index (χ1v) is 7.17. The number of hydrogen-bond donors (Lipinski definition) is 2. The molecule has 0 unspecified atom stereocenters. The lowest BCUT2D eigenvalue weighted by atomic mass is 10.0. The van der Waals surface area contributed by atoms with Crippen LogP contribution in [0.4, 0.5) is 5.82 Å². The fraction of sp³-hybridized carbons (Fsp3) is 0.600. The van der Waals surface area contributed by atoms with E-state index in [4.69, 9.17) is 0 Å². The van der Waals surface area contributed by atoms with E-state index in [1.54, 1.807) is 6.20 Å². The number of nitrogens with zero attached hydrogens (tertiary/aromatic N) is 1. The van der Waals surface area contributed by atoms with E-state index in [1.807, 2.05) is 19.1 Å². The molecule has 1 aliphatic carbocycles. The Labute approximate surface area is 115 Å². The Morgan fingerprint density at radius 3 is 2.68 bits per heavy atom. The normalized spacial score (nSPS) is 15.9. The van der Waals surface area contributed by atoms with Crippen LogP contribution in [0.15, 0.2) is 18.3 Å². The molecule has 0 bridgehead atoms. The van der Waals surface area contributed by atoms with Crippen LogP contribution in [0, 0.1) is 5.41 Å². The lowest BCUT2D eigenvalue weighted by Crippen LogP contribution is -2.23. The van der Waals surface area contributed by atoms with Crippen LogP contribution in [0.1, 0.15) is 49.9 Å². The largest absolute Gasteiger partial charge is 0.370 e. The van der Waals surface area contributed by atoms with E-state index in [1.165, 1.54) is 25.7 Å². The summed E-state index contributed by atoms with van der Waals surface area (Å²) in [5.41, 5.74) is 1.12. The third-order valence-electron chi connectivity index (χ3n) is 3.74. The van der Waals surface area contributed by atoms with Gasteiger partial charge < -0.3 is 10.6 Å². The second kappa shape index (κ2) is 6.04. The third-order valence-corrected chi connectivity index (χ3v) is 3.74. The third kappa shape index (κ3) is 3.69. The lowest BCUT2D eigenvalue weighted by molar-refractivity contribution is 0.0955. The summed E-state index contributed by atoms with van der Waals surface area (Å²) in [6, 6.07) is 3.70. The smallest absolute Gasteiger partial charge is 0.252 e. The first-order chi connectivity index (χ1) is 9.19. The zero-order valence-electron chi connectivity index (χ0n) is 11.8. The molecule has 0 saturated heterocycles.